The molecule has 0 aliphatic carbocycles. The van der Waals surface area contributed by atoms with Crippen molar-refractivity contribution in [2.45, 2.75) is 45.8 Å². The molecule has 0 aromatic carbocycles. The maximum Gasteiger partial charge on any atom is 0.313 e. The van der Waals surface area contributed by atoms with Crippen LogP contribution in [0.1, 0.15) is 41.0 Å². The Morgan fingerprint density at radius 2 is 1.72 bits per heavy atom. The predicted octanol–water partition coefficient (Wildman–Crippen LogP) is 1.12. The summed E-state index contributed by atoms with van der Waals surface area (Å²) in [5.41, 5.74) is 4.64. The maximum absolute atomic E-state index is 12.0. The quantitative estimate of drug-likeness (QED) is 0.736. The number of hydrogen-bond acceptors (Lipinski definition) is 5. The molecule has 6 heteroatoms. The molecule has 0 rings (SSSR count). The van der Waals surface area contributed by atoms with Gasteiger partial charge in [-0.25, -0.2) is 8.42 Å². The van der Waals surface area contributed by atoms with Gasteiger partial charge in [-0.3, -0.25) is 4.79 Å². The van der Waals surface area contributed by atoms with Crippen LogP contribution >= 0.6 is 0 Å². The number of hydrogen-bond donors (Lipinski definition) is 1. The minimum absolute atomic E-state index is 0.0665. The lowest BCUT2D eigenvalue weighted by Gasteiger charge is -2.27. The summed E-state index contributed by atoms with van der Waals surface area (Å²) in [6, 6.07) is 0. The lowest BCUT2D eigenvalue weighted by atomic mass is 9.88. The van der Waals surface area contributed by atoms with E-state index >= 15 is 0 Å². The topological polar surface area (TPSA) is 86.5 Å². The fourth-order valence-corrected chi connectivity index (χ4v) is 2.59. The minimum atomic E-state index is -3.25. The lowest BCUT2D eigenvalue weighted by Crippen LogP contribution is -2.40. The van der Waals surface area contributed by atoms with Crippen molar-refractivity contribution in [1.82, 2.24) is 0 Å². The van der Waals surface area contributed by atoms with Crippen molar-refractivity contribution in [2.75, 3.05) is 18.9 Å². The van der Waals surface area contributed by atoms with Gasteiger partial charge in [0.15, 0.2) is 9.84 Å². The summed E-state index contributed by atoms with van der Waals surface area (Å²) in [6.45, 7) is 8.63. The van der Waals surface area contributed by atoms with Gasteiger partial charge in [-0.05, 0) is 41.0 Å². The zero-order valence-corrected chi connectivity index (χ0v) is 12.8. The third-order valence-corrected chi connectivity index (χ3v) is 5.68. The number of nitrogens with two attached hydrogens (primary N) is 1. The van der Waals surface area contributed by atoms with E-state index in [0.29, 0.717) is 0 Å². The van der Waals surface area contributed by atoms with Crippen LogP contribution in [0.3, 0.4) is 0 Å². The van der Waals surface area contributed by atoms with Gasteiger partial charge in [0.1, 0.15) is 0 Å². The smallest absolute Gasteiger partial charge is 0.313 e. The number of carbonyl (C=O) groups excluding carboxylic acids is 1. The van der Waals surface area contributed by atoms with Crippen molar-refractivity contribution >= 4 is 15.8 Å². The molecule has 1 unspecified atom stereocenters. The van der Waals surface area contributed by atoms with Crippen LogP contribution in [0.4, 0.5) is 0 Å². The molecule has 0 saturated carbocycles. The molecule has 0 bridgehead atoms. The molecule has 5 nitrogen and oxygen atoms in total. The average molecular weight is 279 g/mol. The molecule has 0 saturated heterocycles. The second kappa shape index (κ2) is 6.02. The molecule has 0 amide bonds. The van der Waals surface area contributed by atoms with Crippen molar-refractivity contribution in [1.29, 1.82) is 0 Å². The normalized spacial score (nSPS) is 16.1. The average Bonchev–Trinajstić information content (AvgIpc) is 2.24. The molecular weight excluding hydrogens is 254 g/mol. The van der Waals surface area contributed by atoms with Crippen LogP contribution in [-0.4, -0.2) is 38.0 Å². The first-order valence-electron chi connectivity index (χ1n) is 6.10. The van der Waals surface area contributed by atoms with Crippen molar-refractivity contribution in [3.05, 3.63) is 0 Å². The molecule has 18 heavy (non-hydrogen) atoms. The third-order valence-electron chi connectivity index (χ3n) is 3.07. The zero-order chi connectivity index (χ0) is 14.6. The van der Waals surface area contributed by atoms with Gasteiger partial charge in [0.25, 0.3) is 0 Å². The molecule has 1 atom stereocenters. The molecule has 0 fully saturated rings. The molecule has 0 aliphatic rings. The van der Waals surface area contributed by atoms with Gasteiger partial charge in [-0.2, -0.15) is 0 Å². The molecule has 0 aromatic heterocycles. The second-order valence-electron chi connectivity index (χ2n) is 5.67. The van der Waals surface area contributed by atoms with Gasteiger partial charge < -0.3 is 10.5 Å². The van der Waals surface area contributed by atoms with Gasteiger partial charge in [0, 0.05) is 6.54 Å². The summed E-state index contributed by atoms with van der Waals surface area (Å²) in [5.74, 6) is -0.500. The van der Waals surface area contributed by atoms with Gasteiger partial charge in [0.2, 0.25) is 0 Å². The molecule has 0 aliphatic heterocycles. The summed E-state index contributed by atoms with van der Waals surface area (Å²) in [7, 11) is -3.25. The molecule has 0 aromatic rings. The highest BCUT2D eigenvalue weighted by Crippen LogP contribution is 2.26. The Labute approximate surface area is 110 Å². The Bertz CT molecular complexity index is 383. The highest BCUT2D eigenvalue weighted by atomic mass is 32.2. The molecule has 2 N–H and O–H groups in total. The van der Waals surface area contributed by atoms with Crippen molar-refractivity contribution in [3.8, 4) is 0 Å². The molecule has 0 spiro atoms. The summed E-state index contributed by atoms with van der Waals surface area (Å²) in [4.78, 5) is 11.8. The first kappa shape index (κ1) is 17.4. The summed E-state index contributed by atoms with van der Waals surface area (Å²) in [5, 5.41) is 0. The van der Waals surface area contributed by atoms with Crippen LogP contribution in [0, 0.1) is 5.41 Å². The SMILES string of the molecule is CCOC(=O)C(C)(CN)CCS(=O)(=O)C(C)(C)C. The monoisotopic (exact) mass is 279 g/mol. The van der Waals surface area contributed by atoms with Crippen LogP contribution < -0.4 is 5.73 Å². The first-order valence-corrected chi connectivity index (χ1v) is 7.75. The van der Waals surface area contributed by atoms with E-state index in [4.69, 9.17) is 10.5 Å². The highest BCUT2D eigenvalue weighted by Gasteiger charge is 2.37. The van der Waals surface area contributed by atoms with Gasteiger partial charge in [0.05, 0.1) is 22.5 Å². The highest BCUT2D eigenvalue weighted by molar-refractivity contribution is 7.92. The van der Waals surface area contributed by atoms with Crippen molar-refractivity contribution < 1.29 is 17.9 Å². The van der Waals surface area contributed by atoms with Crippen molar-refractivity contribution in [2.24, 2.45) is 11.1 Å². The molecule has 108 valence electrons. The number of sulfone groups is 1. The van der Waals surface area contributed by atoms with Crippen molar-refractivity contribution in [3.63, 3.8) is 0 Å². The Morgan fingerprint density at radius 3 is 2.06 bits per heavy atom. The molecular formula is C12H25NO4S. The van der Waals surface area contributed by atoms with Crippen LogP contribution in [0.25, 0.3) is 0 Å². The fourth-order valence-electron chi connectivity index (χ4n) is 1.26. The number of ether oxygens (including phenoxy) is 1. The Kier molecular flexibility index (Phi) is 5.81. The summed E-state index contributed by atoms with van der Waals surface area (Å²) >= 11 is 0. The van der Waals surface area contributed by atoms with Crippen LogP contribution in [0.5, 0.6) is 0 Å². The lowest BCUT2D eigenvalue weighted by molar-refractivity contribution is -0.153. The molecule has 0 radical (unpaired) electrons. The molecule has 0 heterocycles. The van der Waals surface area contributed by atoms with Gasteiger partial charge in [-0.1, -0.05) is 0 Å². The van der Waals surface area contributed by atoms with E-state index in [-0.39, 0.29) is 25.3 Å². The van der Waals surface area contributed by atoms with Crippen LogP contribution in [0.15, 0.2) is 0 Å². The van der Waals surface area contributed by atoms with E-state index in [0.717, 1.165) is 0 Å². The van der Waals surface area contributed by atoms with Crippen LogP contribution in [-0.2, 0) is 19.4 Å². The van der Waals surface area contributed by atoms with E-state index in [9.17, 15) is 13.2 Å². The standard InChI is InChI=1S/C12H25NO4S/c1-6-17-10(14)12(5,9-13)7-8-18(15,16)11(2,3)4/h6-9,13H2,1-5H3. The number of esters is 1. The summed E-state index contributed by atoms with van der Waals surface area (Å²) < 4.78 is 28.1. The van der Waals surface area contributed by atoms with Gasteiger partial charge in [-0.15, -0.1) is 0 Å². The number of rotatable bonds is 6. The van der Waals surface area contributed by atoms with E-state index < -0.39 is 26.0 Å². The Balaban J connectivity index is 4.83. The second-order valence-corrected chi connectivity index (χ2v) is 8.53. The zero-order valence-electron chi connectivity index (χ0n) is 11.9. The fraction of sp³-hybridized carbons (Fsp3) is 0.917. The predicted molar refractivity (Wildman–Crippen MR) is 72.0 cm³/mol. The third kappa shape index (κ3) is 4.24. The Morgan fingerprint density at radius 1 is 1.22 bits per heavy atom. The van der Waals surface area contributed by atoms with E-state index in [1.54, 1.807) is 34.6 Å². The van der Waals surface area contributed by atoms with E-state index in [1.807, 2.05) is 0 Å². The van der Waals surface area contributed by atoms with Gasteiger partial charge >= 0.3 is 5.97 Å². The van der Waals surface area contributed by atoms with E-state index in [2.05, 4.69) is 0 Å². The first-order chi connectivity index (χ1) is 8.00. The Hall–Kier alpha value is -0.620. The largest absolute Gasteiger partial charge is 0.466 e. The van der Waals surface area contributed by atoms with Crippen LogP contribution in [0.2, 0.25) is 0 Å². The minimum Gasteiger partial charge on any atom is -0.466 e. The van der Waals surface area contributed by atoms with E-state index in [1.165, 1.54) is 0 Å². The maximum atomic E-state index is 12.0. The number of carbonyl (C=O) groups is 1. The summed E-state index contributed by atoms with van der Waals surface area (Å²) in [6.07, 6.45) is 0.182.